The summed E-state index contributed by atoms with van der Waals surface area (Å²) in [5.74, 6) is 1.44. The lowest BCUT2D eigenvalue weighted by Gasteiger charge is -2.18. The molecule has 0 aromatic heterocycles. The molecule has 0 aliphatic rings. The molecule has 0 atom stereocenters. The average molecular weight is 385 g/mol. The predicted molar refractivity (Wildman–Crippen MR) is 102 cm³/mol. The fraction of sp³-hybridized carbons (Fsp3) is 0. The molecule has 0 bridgehead atoms. The Hall–Kier alpha value is -4.04. The van der Waals surface area contributed by atoms with Crippen LogP contribution < -0.4 is 13.6 Å². The van der Waals surface area contributed by atoms with Crippen molar-refractivity contribution >= 4 is 8.60 Å². The third-order valence-corrected chi connectivity index (χ3v) is 4.57. The molecule has 6 nitrogen and oxygen atoms in total. The SMILES string of the molecule is N#Cc1ccc(OP(Oc2ccc(C#N)cc2)Oc2ccc(C#N)cc2)cc1. The van der Waals surface area contributed by atoms with Crippen molar-refractivity contribution in [2.75, 3.05) is 0 Å². The molecule has 0 unspecified atom stereocenters. The minimum atomic E-state index is -1.88. The highest BCUT2D eigenvalue weighted by Crippen LogP contribution is 2.42. The molecule has 3 aromatic carbocycles. The van der Waals surface area contributed by atoms with Crippen molar-refractivity contribution in [3.8, 4) is 35.5 Å². The number of hydrogen-bond acceptors (Lipinski definition) is 6. The molecule has 0 heterocycles. The van der Waals surface area contributed by atoms with Gasteiger partial charge in [0, 0.05) is 0 Å². The van der Waals surface area contributed by atoms with Gasteiger partial charge in [-0.15, -0.1) is 0 Å². The fourth-order valence-electron chi connectivity index (χ4n) is 2.09. The first-order valence-corrected chi connectivity index (χ1v) is 9.14. The number of hydrogen-bond donors (Lipinski definition) is 0. The smallest absolute Gasteiger partial charge is 0.409 e. The molecule has 0 N–H and O–H groups in total. The van der Waals surface area contributed by atoms with E-state index in [0.717, 1.165) is 0 Å². The predicted octanol–water partition coefficient (Wildman–Crippen LogP) is 5.07. The number of rotatable bonds is 6. The van der Waals surface area contributed by atoms with E-state index in [-0.39, 0.29) is 0 Å². The van der Waals surface area contributed by atoms with Crippen molar-refractivity contribution in [1.29, 1.82) is 15.8 Å². The molecule has 0 aliphatic carbocycles. The average Bonchev–Trinajstić information content (AvgIpc) is 2.75. The third kappa shape index (κ3) is 4.99. The van der Waals surface area contributed by atoms with E-state index in [4.69, 9.17) is 29.4 Å². The molecule has 3 aromatic rings. The van der Waals surface area contributed by atoms with Crippen molar-refractivity contribution in [2.24, 2.45) is 0 Å². The van der Waals surface area contributed by atoms with E-state index >= 15 is 0 Å². The number of nitriles is 3. The van der Waals surface area contributed by atoms with Crippen LogP contribution in [0.2, 0.25) is 0 Å². The van der Waals surface area contributed by atoms with Crippen LogP contribution in [-0.2, 0) is 0 Å². The summed E-state index contributed by atoms with van der Waals surface area (Å²) in [5, 5.41) is 26.7. The second-order valence-electron chi connectivity index (χ2n) is 5.41. The summed E-state index contributed by atoms with van der Waals surface area (Å²) < 4.78 is 17.4. The van der Waals surface area contributed by atoms with Gasteiger partial charge in [-0.2, -0.15) is 15.8 Å². The molecule has 0 aliphatic heterocycles. The Labute approximate surface area is 163 Å². The van der Waals surface area contributed by atoms with Crippen LogP contribution in [0.4, 0.5) is 0 Å². The summed E-state index contributed by atoms with van der Waals surface area (Å²) in [5.41, 5.74) is 1.54. The maximum Gasteiger partial charge on any atom is 0.530 e. The van der Waals surface area contributed by atoms with E-state index in [0.29, 0.717) is 33.9 Å². The Bertz CT molecular complexity index is 919. The second-order valence-corrected chi connectivity index (χ2v) is 6.40. The van der Waals surface area contributed by atoms with Crippen molar-refractivity contribution in [1.82, 2.24) is 0 Å². The monoisotopic (exact) mass is 385 g/mol. The van der Waals surface area contributed by atoms with Crippen LogP contribution in [0, 0.1) is 34.0 Å². The second kappa shape index (κ2) is 9.06. The molecule has 0 fully saturated rings. The van der Waals surface area contributed by atoms with Crippen LogP contribution in [0.5, 0.6) is 17.2 Å². The van der Waals surface area contributed by atoms with Gasteiger partial charge in [-0.1, -0.05) is 0 Å². The van der Waals surface area contributed by atoms with Crippen molar-refractivity contribution in [3.63, 3.8) is 0 Å². The molecule has 0 saturated heterocycles. The van der Waals surface area contributed by atoms with Gasteiger partial charge in [0.2, 0.25) is 0 Å². The van der Waals surface area contributed by atoms with Gasteiger partial charge in [0.05, 0.1) is 34.9 Å². The maximum atomic E-state index is 8.90. The lowest BCUT2D eigenvalue weighted by atomic mass is 10.2. The lowest BCUT2D eigenvalue weighted by molar-refractivity contribution is 0.388. The Morgan fingerprint density at radius 3 is 0.929 bits per heavy atom. The van der Waals surface area contributed by atoms with Crippen molar-refractivity contribution in [2.45, 2.75) is 0 Å². The molecule has 0 amide bonds. The summed E-state index contributed by atoms with van der Waals surface area (Å²) in [6.07, 6.45) is 0. The molecular weight excluding hydrogens is 373 g/mol. The van der Waals surface area contributed by atoms with Gasteiger partial charge in [-0.3, -0.25) is 0 Å². The number of benzene rings is 3. The largest absolute Gasteiger partial charge is 0.530 e. The summed E-state index contributed by atoms with van der Waals surface area (Å²) in [7, 11) is -1.88. The van der Waals surface area contributed by atoms with Gasteiger partial charge >= 0.3 is 8.60 Å². The first-order chi connectivity index (χ1) is 13.7. The van der Waals surface area contributed by atoms with Gasteiger partial charge < -0.3 is 13.6 Å². The van der Waals surface area contributed by atoms with Crippen LogP contribution in [0.3, 0.4) is 0 Å². The van der Waals surface area contributed by atoms with E-state index in [1.165, 1.54) is 0 Å². The molecule has 7 heteroatoms. The van der Waals surface area contributed by atoms with Crippen LogP contribution in [0.15, 0.2) is 72.8 Å². The molecule has 0 radical (unpaired) electrons. The van der Waals surface area contributed by atoms with Crippen molar-refractivity contribution in [3.05, 3.63) is 89.5 Å². The highest BCUT2D eigenvalue weighted by molar-refractivity contribution is 7.43. The fourth-order valence-corrected chi connectivity index (χ4v) is 3.08. The summed E-state index contributed by atoms with van der Waals surface area (Å²) in [4.78, 5) is 0. The zero-order chi connectivity index (χ0) is 19.8. The maximum absolute atomic E-state index is 8.90. The zero-order valence-electron chi connectivity index (χ0n) is 14.4. The third-order valence-electron chi connectivity index (χ3n) is 3.49. The van der Waals surface area contributed by atoms with Crippen LogP contribution in [0.1, 0.15) is 16.7 Å². The Balaban J connectivity index is 1.79. The summed E-state index contributed by atoms with van der Waals surface area (Å²) in [6, 6.07) is 25.8. The van der Waals surface area contributed by atoms with E-state index in [2.05, 4.69) is 0 Å². The zero-order valence-corrected chi connectivity index (χ0v) is 15.3. The van der Waals surface area contributed by atoms with E-state index in [1.807, 2.05) is 18.2 Å². The highest BCUT2D eigenvalue weighted by Gasteiger charge is 2.20. The lowest BCUT2D eigenvalue weighted by Crippen LogP contribution is -2.02. The van der Waals surface area contributed by atoms with Crippen molar-refractivity contribution < 1.29 is 13.6 Å². The Kier molecular flexibility index (Phi) is 6.06. The first kappa shape index (κ1) is 18.7. The van der Waals surface area contributed by atoms with Crippen LogP contribution in [0.25, 0.3) is 0 Å². The molecule has 0 spiro atoms. The van der Waals surface area contributed by atoms with E-state index in [9.17, 15) is 0 Å². The quantitative estimate of drug-likeness (QED) is 0.550. The Morgan fingerprint density at radius 2 is 0.714 bits per heavy atom. The molecule has 134 valence electrons. The first-order valence-electron chi connectivity index (χ1n) is 8.05. The summed E-state index contributed by atoms with van der Waals surface area (Å²) >= 11 is 0. The van der Waals surface area contributed by atoms with Gasteiger partial charge in [-0.05, 0) is 72.8 Å². The van der Waals surface area contributed by atoms with Gasteiger partial charge in [0.1, 0.15) is 17.2 Å². The van der Waals surface area contributed by atoms with Gasteiger partial charge in [-0.25, -0.2) is 0 Å². The van der Waals surface area contributed by atoms with E-state index in [1.54, 1.807) is 72.8 Å². The Morgan fingerprint density at radius 1 is 0.464 bits per heavy atom. The normalized spacial score (nSPS) is 9.64. The van der Waals surface area contributed by atoms with E-state index < -0.39 is 8.60 Å². The molecular formula is C21H12N3O3P. The number of nitrogens with zero attached hydrogens (tertiary/aromatic N) is 3. The minimum Gasteiger partial charge on any atom is -0.409 e. The molecule has 3 rings (SSSR count). The van der Waals surface area contributed by atoms with Gasteiger partial charge in [0.15, 0.2) is 0 Å². The van der Waals surface area contributed by atoms with Crippen LogP contribution >= 0.6 is 8.60 Å². The summed E-state index contributed by atoms with van der Waals surface area (Å²) in [6.45, 7) is 0. The van der Waals surface area contributed by atoms with Crippen LogP contribution in [-0.4, -0.2) is 0 Å². The standard InChI is InChI=1S/C21H12N3O3P/c22-13-16-1-7-19(8-2-16)25-28(26-20-9-3-17(14-23)4-10-20)27-21-11-5-18(15-24)6-12-21/h1-12H. The molecule has 28 heavy (non-hydrogen) atoms. The molecule has 0 saturated carbocycles. The van der Waals surface area contributed by atoms with Gasteiger partial charge in [0.25, 0.3) is 0 Å². The minimum absolute atomic E-state index is 0.479. The topological polar surface area (TPSA) is 99.1 Å². The highest BCUT2D eigenvalue weighted by atomic mass is 31.2.